The van der Waals surface area contributed by atoms with Crippen LogP contribution in [0.2, 0.25) is 0 Å². The average molecular weight is 506 g/mol. The number of carbonyl (C=O) groups excluding carboxylic acids is 1. The summed E-state index contributed by atoms with van der Waals surface area (Å²) in [7, 11) is 3.39. The highest BCUT2D eigenvalue weighted by atomic mass is 16.5. The summed E-state index contributed by atoms with van der Waals surface area (Å²) >= 11 is 0. The number of allylic oxidation sites excluding steroid dienone is 3. The van der Waals surface area contributed by atoms with Gasteiger partial charge in [-0.05, 0) is 56.2 Å². The highest BCUT2D eigenvalue weighted by Crippen LogP contribution is 2.50. The molecule has 2 fully saturated rings. The Morgan fingerprint density at radius 3 is 2.46 bits per heavy atom. The van der Waals surface area contributed by atoms with Crippen molar-refractivity contribution >= 4 is 6.03 Å². The zero-order chi connectivity index (χ0) is 26.5. The third-order valence-electron chi connectivity index (χ3n) is 8.81. The van der Waals surface area contributed by atoms with Crippen molar-refractivity contribution in [3.63, 3.8) is 0 Å². The van der Waals surface area contributed by atoms with E-state index in [1.54, 1.807) is 14.2 Å². The highest BCUT2D eigenvalue weighted by molar-refractivity contribution is 5.83. The van der Waals surface area contributed by atoms with Gasteiger partial charge in [0.05, 0.1) is 26.3 Å². The maximum absolute atomic E-state index is 13.9. The summed E-state index contributed by atoms with van der Waals surface area (Å²) in [5.74, 6) is 2.19. The summed E-state index contributed by atoms with van der Waals surface area (Å²) in [5.41, 5.74) is 5.76. The first-order valence-corrected chi connectivity index (χ1v) is 13.8. The van der Waals surface area contributed by atoms with Gasteiger partial charge in [-0.25, -0.2) is 4.79 Å². The molecule has 3 aliphatic heterocycles. The zero-order valence-electron chi connectivity index (χ0n) is 23.7. The Labute approximate surface area is 222 Å². The van der Waals surface area contributed by atoms with Crippen LogP contribution in [0.15, 0.2) is 47.2 Å². The third kappa shape index (κ3) is 4.37. The zero-order valence-corrected chi connectivity index (χ0v) is 23.7. The van der Waals surface area contributed by atoms with Gasteiger partial charge in [0.15, 0.2) is 0 Å². The van der Waals surface area contributed by atoms with E-state index in [9.17, 15) is 4.79 Å². The normalized spacial score (nSPS) is 24.7. The number of ether oxygens (including phenoxy) is 2. The molecule has 200 valence electrons. The molecular weight excluding hydrogens is 462 g/mol. The number of hydrogen-bond donors (Lipinski definition) is 0. The van der Waals surface area contributed by atoms with Crippen LogP contribution in [0.1, 0.15) is 65.0 Å². The molecule has 0 radical (unpaired) electrons. The van der Waals surface area contributed by atoms with Crippen LogP contribution in [0.4, 0.5) is 4.79 Å². The van der Waals surface area contributed by atoms with Crippen LogP contribution in [0, 0.1) is 5.92 Å². The summed E-state index contributed by atoms with van der Waals surface area (Å²) in [4.78, 5) is 20.7. The molecule has 1 aliphatic carbocycles. The first-order chi connectivity index (χ1) is 17.6. The number of likely N-dealkylation sites (tertiary alicyclic amines) is 1. The number of piperidine rings is 1. The molecule has 0 N–H and O–H groups in total. The summed E-state index contributed by atoms with van der Waals surface area (Å²) in [6.45, 7) is 15.4. The van der Waals surface area contributed by atoms with Crippen LogP contribution in [-0.2, 0) is 12.0 Å². The number of benzene rings is 1. The lowest BCUT2D eigenvalue weighted by Gasteiger charge is -2.45. The number of carbonyl (C=O) groups is 1. The number of rotatable bonds is 5. The van der Waals surface area contributed by atoms with E-state index in [-0.39, 0.29) is 17.0 Å². The van der Waals surface area contributed by atoms with Crippen molar-refractivity contribution in [3.8, 4) is 11.5 Å². The summed E-state index contributed by atoms with van der Waals surface area (Å²) in [5, 5.41) is 0. The molecule has 37 heavy (non-hydrogen) atoms. The number of amides is 2. The van der Waals surface area contributed by atoms with Gasteiger partial charge in [0.2, 0.25) is 0 Å². The predicted octanol–water partition coefficient (Wildman–Crippen LogP) is 5.88. The standard InChI is InChI=1S/C31H43N3O3/c1-8-34-29(35)33-20-24-16-25(36-6)17-26(37-7)28(24)30(4,5)18-27(33)31(34)9-11-32(12-10-31)19-23-14-21(2)13-22(3)15-23/h14-18,21H,8-13,19-20H2,1-7H3. The summed E-state index contributed by atoms with van der Waals surface area (Å²) in [6.07, 6.45) is 10.2. The molecule has 1 aromatic rings. The Kier molecular flexibility index (Phi) is 6.68. The van der Waals surface area contributed by atoms with Crippen molar-refractivity contribution in [1.82, 2.24) is 14.7 Å². The summed E-state index contributed by atoms with van der Waals surface area (Å²) < 4.78 is 11.4. The molecule has 1 aromatic carbocycles. The van der Waals surface area contributed by atoms with Crippen molar-refractivity contribution < 1.29 is 14.3 Å². The number of fused-ring (bicyclic) bond motifs is 3. The third-order valence-corrected chi connectivity index (χ3v) is 8.81. The summed E-state index contributed by atoms with van der Waals surface area (Å²) in [6, 6.07) is 4.15. The Morgan fingerprint density at radius 2 is 1.84 bits per heavy atom. The van der Waals surface area contributed by atoms with E-state index < -0.39 is 0 Å². The van der Waals surface area contributed by atoms with Gasteiger partial charge in [0.1, 0.15) is 11.5 Å². The molecule has 6 nitrogen and oxygen atoms in total. The Hall–Kier alpha value is -2.73. The number of likely N-dealkylation sites (N-methyl/N-ethyl adjacent to an activating group) is 1. The number of nitrogens with zero attached hydrogens (tertiary/aromatic N) is 3. The molecule has 1 spiro atoms. The fraction of sp³-hybridized carbons (Fsp3) is 0.581. The van der Waals surface area contributed by atoms with E-state index >= 15 is 0 Å². The molecule has 1 unspecified atom stereocenters. The molecule has 2 amide bonds. The van der Waals surface area contributed by atoms with Gasteiger partial charge in [-0.15, -0.1) is 0 Å². The van der Waals surface area contributed by atoms with Gasteiger partial charge < -0.3 is 14.4 Å². The van der Waals surface area contributed by atoms with Gasteiger partial charge in [0.25, 0.3) is 0 Å². The monoisotopic (exact) mass is 505 g/mol. The van der Waals surface area contributed by atoms with E-state index in [1.807, 2.05) is 11.0 Å². The van der Waals surface area contributed by atoms with Gasteiger partial charge in [-0.1, -0.05) is 44.6 Å². The number of urea groups is 1. The molecular formula is C31H43N3O3. The van der Waals surface area contributed by atoms with Crippen LogP contribution in [0.25, 0.3) is 0 Å². The van der Waals surface area contributed by atoms with E-state index in [2.05, 4.69) is 68.7 Å². The fourth-order valence-corrected chi connectivity index (χ4v) is 7.31. The molecule has 5 rings (SSSR count). The predicted molar refractivity (Wildman–Crippen MR) is 148 cm³/mol. The minimum atomic E-state index is -0.295. The molecule has 0 bridgehead atoms. The number of methoxy groups -OCH3 is 2. The first-order valence-electron chi connectivity index (χ1n) is 13.8. The van der Waals surface area contributed by atoms with Crippen molar-refractivity contribution in [2.24, 2.45) is 5.92 Å². The Bertz CT molecular complexity index is 1170. The molecule has 6 heteroatoms. The minimum absolute atomic E-state index is 0.120. The van der Waals surface area contributed by atoms with Crippen LogP contribution in [0.5, 0.6) is 11.5 Å². The van der Waals surface area contributed by atoms with Gasteiger partial charge in [-0.2, -0.15) is 0 Å². The van der Waals surface area contributed by atoms with Crippen molar-refractivity contribution in [2.45, 2.75) is 71.4 Å². The second-order valence-electron chi connectivity index (χ2n) is 11.9. The van der Waals surface area contributed by atoms with E-state index in [1.165, 1.54) is 23.3 Å². The lowest BCUT2D eigenvalue weighted by molar-refractivity contribution is 0.0967. The topological polar surface area (TPSA) is 45.3 Å². The van der Waals surface area contributed by atoms with Crippen molar-refractivity contribution in [2.75, 3.05) is 40.4 Å². The minimum Gasteiger partial charge on any atom is -0.497 e. The Morgan fingerprint density at radius 1 is 1.11 bits per heavy atom. The second kappa shape index (κ2) is 9.54. The first kappa shape index (κ1) is 25.9. The molecule has 3 heterocycles. The van der Waals surface area contributed by atoms with Gasteiger partial charge in [0, 0.05) is 48.9 Å². The van der Waals surface area contributed by atoms with Gasteiger partial charge >= 0.3 is 6.03 Å². The molecule has 0 aromatic heterocycles. The van der Waals surface area contributed by atoms with E-state index in [4.69, 9.17) is 9.47 Å². The lowest BCUT2D eigenvalue weighted by Crippen LogP contribution is -2.54. The molecule has 0 saturated carbocycles. The SMILES string of the molecule is CCN1C(=O)N2Cc3cc(OC)cc(OC)c3C(C)(C)C=C2C12CCN(CC1=CC(C)CC(C)=C1)CC2. The fourth-order valence-electron chi connectivity index (χ4n) is 7.31. The molecule has 1 atom stereocenters. The smallest absolute Gasteiger partial charge is 0.325 e. The number of hydrogen-bond acceptors (Lipinski definition) is 4. The van der Waals surface area contributed by atoms with Crippen molar-refractivity contribution in [1.29, 1.82) is 0 Å². The average Bonchev–Trinajstić information content (AvgIpc) is 2.96. The Balaban J connectivity index is 1.48. The highest BCUT2D eigenvalue weighted by Gasteiger charge is 2.55. The largest absolute Gasteiger partial charge is 0.497 e. The van der Waals surface area contributed by atoms with Crippen LogP contribution in [-0.4, -0.2) is 66.7 Å². The van der Waals surface area contributed by atoms with Crippen molar-refractivity contribution in [3.05, 3.63) is 58.3 Å². The molecule has 4 aliphatic rings. The van der Waals surface area contributed by atoms with E-state index in [0.717, 1.165) is 55.1 Å². The van der Waals surface area contributed by atoms with Crippen LogP contribution < -0.4 is 9.47 Å². The maximum atomic E-state index is 13.9. The van der Waals surface area contributed by atoms with Crippen LogP contribution in [0.3, 0.4) is 0 Å². The maximum Gasteiger partial charge on any atom is 0.325 e. The quantitative estimate of drug-likeness (QED) is 0.501. The van der Waals surface area contributed by atoms with Gasteiger partial charge in [-0.3, -0.25) is 9.80 Å². The van der Waals surface area contributed by atoms with E-state index in [0.29, 0.717) is 19.0 Å². The molecule has 2 saturated heterocycles. The lowest BCUT2D eigenvalue weighted by atomic mass is 9.77. The van der Waals surface area contributed by atoms with Crippen LogP contribution >= 0.6 is 0 Å². The second-order valence-corrected chi connectivity index (χ2v) is 11.9.